The summed E-state index contributed by atoms with van der Waals surface area (Å²) in [5, 5.41) is 11.3. The average molecular weight is 129 g/mol. The van der Waals surface area contributed by atoms with Crippen LogP contribution >= 0.6 is 0 Å². The molecule has 0 aliphatic carbocycles. The van der Waals surface area contributed by atoms with Crippen molar-refractivity contribution < 1.29 is 9.90 Å². The van der Waals surface area contributed by atoms with Crippen molar-refractivity contribution in [2.75, 3.05) is 6.61 Å². The fourth-order valence-electron chi connectivity index (χ4n) is 0.856. The number of carbonyl (C=O) groups is 1. The molecule has 52 valence electrons. The molecule has 1 aliphatic heterocycles. The SMILES string of the molecule is C[C@@H](CO)C1CC(=O)N1. The molecule has 1 rings (SSSR count). The summed E-state index contributed by atoms with van der Waals surface area (Å²) in [5.74, 6) is 0.308. The number of hydrogen-bond donors (Lipinski definition) is 2. The summed E-state index contributed by atoms with van der Waals surface area (Å²) in [6, 6.07) is 0.225. The second-order valence-corrected chi connectivity index (χ2v) is 2.54. The Kier molecular flexibility index (Phi) is 1.71. The quantitative estimate of drug-likeness (QED) is 0.494. The second kappa shape index (κ2) is 2.35. The summed E-state index contributed by atoms with van der Waals surface area (Å²) in [4.78, 5) is 10.3. The van der Waals surface area contributed by atoms with Gasteiger partial charge in [-0.05, 0) is 5.92 Å². The van der Waals surface area contributed by atoms with E-state index in [0.717, 1.165) is 0 Å². The number of carbonyl (C=O) groups excluding carboxylic acids is 1. The summed E-state index contributed by atoms with van der Waals surface area (Å²) >= 11 is 0. The molecule has 0 saturated carbocycles. The average Bonchev–Trinajstić information content (AvgIpc) is 1.79. The van der Waals surface area contributed by atoms with E-state index in [1.54, 1.807) is 0 Å². The Morgan fingerprint density at radius 1 is 2.00 bits per heavy atom. The lowest BCUT2D eigenvalue weighted by atomic mass is 9.94. The molecule has 0 spiro atoms. The first-order valence-electron chi connectivity index (χ1n) is 3.14. The lowest BCUT2D eigenvalue weighted by Gasteiger charge is -2.31. The van der Waals surface area contributed by atoms with Gasteiger partial charge in [0.2, 0.25) is 5.91 Å². The minimum atomic E-state index is 0.0975. The van der Waals surface area contributed by atoms with E-state index >= 15 is 0 Å². The van der Waals surface area contributed by atoms with Crippen molar-refractivity contribution in [3.8, 4) is 0 Å². The zero-order valence-electron chi connectivity index (χ0n) is 5.42. The first-order chi connectivity index (χ1) is 4.24. The van der Waals surface area contributed by atoms with Crippen LogP contribution in [-0.4, -0.2) is 23.7 Å². The van der Waals surface area contributed by atoms with Crippen molar-refractivity contribution >= 4 is 5.91 Å². The number of nitrogens with one attached hydrogen (secondary N) is 1. The van der Waals surface area contributed by atoms with Crippen LogP contribution < -0.4 is 5.32 Å². The second-order valence-electron chi connectivity index (χ2n) is 2.54. The van der Waals surface area contributed by atoms with Crippen LogP contribution in [-0.2, 0) is 4.79 Å². The minimum absolute atomic E-state index is 0.0975. The highest BCUT2D eigenvalue weighted by molar-refractivity contribution is 5.82. The summed E-state index contributed by atoms with van der Waals surface area (Å²) in [6.07, 6.45) is 0.585. The Labute approximate surface area is 54.1 Å². The third-order valence-corrected chi connectivity index (χ3v) is 1.73. The van der Waals surface area contributed by atoms with Crippen molar-refractivity contribution in [3.63, 3.8) is 0 Å². The molecular formula is C6H11NO2. The van der Waals surface area contributed by atoms with Gasteiger partial charge in [-0.25, -0.2) is 0 Å². The molecule has 1 amide bonds. The number of aliphatic hydroxyl groups is 1. The Hall–Kier alpha value is -0.570. The monoisotopic (exact) mass is 129 g/mol. The van der Waals surface area contributed by atoms with Gasteiger partial charge in [-0.15, -0.1) is 0 Å². The first kappa shape index (κ1) is 6.55. The molecule has 1 unspecified atom stereocenters. The Balaban J connectivity index is 2.23. The number of hydrogen-bond acceptors (Lipinski definition) is 2. The maximum absolute atomic E-state index is 10.3. The number of amides is 1. The highest BCUT2D eigenvalue weighted by Crippen LogP contribution is 2.13. The van der Waals surface area contributed by atoms with Crippen LogP contribution in [0, 0.1) is 5.92 Å². The Morgan fingerprint density at radius 3 is 2.89 bits per heavy atom. The lowest BCUT2D eigenvalue weighted by Crippen LogP contribution is -2.52. The molecule has 1 aliphatic rings. The summed E-state index contributed by atoms with van der Waals surface area (Å²) in [6.45, 7) is 2.08. The molecule has 3 heteroatoms. The van der Waals surface area contributed by atoms with Crippen molar-refractivity contribution in [1.82, 2.24) is 5.32 Å². The smallest absolute Gasteiger partial charge is 0.222 e. The molecule has 9 heavy (non-hydrogen) atoms. The maximum Gasteiger partial charge on any atom is 0.222 e. The normalized spacial score (nSPS) is 28.7. The fraction of sp³-hybridized carbons (Fsp3) is 0.833. The number of β-lactam (4-membered cyclic amide) rings is 1. The van der Waals surface area contributed by atoms with E-state index in [4.69, 9.17) is 5.11 Å². The highest BCUT2D eigenvalue weighted by Gasteiger charge is 2.29. The molecule has 0 radical (unpaired) electrons. The van der Waals surface area contributed by atoms with E-state index in [0.29, 0.717) is 6.42 Å². The van der Waals surface area contributed by atoms with E-state index in [1.807, 2.05) is 6.92 Å². The molecule has 1 fully saturated rings. The van der Waals surface area contributed by atoms with Crippen LogP contribution in [0.3, 0.4) is 0 Å². The van der Waals surface area contributed by atoms with Crippen molar-refractivity contribution in [1.29, 1.82) is 0 Å². The van der Waals surface area contributed by atoms with Gasteiger partial charge in [0, 0.05) is 19.1 Å². The van der Waals surface area contributed by atoms with Crippen LogP contribution in [0.5, 0.6) is 0 Å². The fourth-order valence-corrected chi connectivity index (χ4v) is 0.856. The van der Waals surface area contributed by atoms with Crippen LogP contribution in [0.15, 0.2) is 0 Å². The summed E-state index contributed by atoms with van der Waals surface area (Å²) in [5.41, 5.74) is 0. The Bertz CT molecular complexity index is 116. The molecule has 1 heterocycles. The molecule has 2 N–H and O–H groups in total. The van der Waals surface area contributed by atoms with E-state index in [1.165, 1.54) is 0 Å². The third-order valence-electron chi connectivity index (χ3n) is 1.73. The van der Waals surface area contributed by atoms with Crippen LogP contribution in [0.4, 0.5) is 0 Å². The predicted octanol–water partition coefficient (Wildman–Crippen LogP) is -0.497. The van der Waals surface area contributed by atoms with E-state index < -0.39 is 0 Å². The molecule has 0 bridgehead atoms. The van der Waals surface area contributed by atoms with Crippen molar-refractivity contribution in [3.05, 3.63) is 0 Å². The molecule has 0 aromatic heterocycles. The largest absolute Gasteiger partial charge is 0.396 e. The first-order valence-corrected chi connectivity index (χ1v) is 3.14. The summed E-state index contributed by atoms with van der Waals surface area (Å²) < 4.78 is 0. The zero-order chi connectivity index (χ0) is 6.85. The predicted molar refractivity (Wildman–Crippen MR) is 32.8 cm³/mol. The molecule has 2 atom stereocenters. The van der Waals surface area contributed by atoms with Crippen molar-refractivity contribution in [2.45, 2.75) is 19.4 Å². The highest BCUT2D eigenvalue weighted by atomic mass is 16.3. The van der Waals surface area contributed by atoms with E-state index in [2.05, 4.69) is 5.32 Å². The van der Waals surface area contributed by atoms with Gasteiger partial charge < -0.3 is 10.4 Å². The minimum Gasteiger partial charge on any atom is -0.396 e. The lowest BCUT2D eigenvalue weighted by molar-refractivity contribution is -0.129. The maximum atomic E-state index is 10.3. The zero-order valence-corrected chi connectivity index (χ0v) is 5.42. The Morgan fingerprint density at radius 2 is 2.56 bits per heavy atom. The van der Waals surface area contributed by atoms with Gasteiger partial charge in [0.25, 0.3) is 0 Å². The molecule has 0 aromatic rings. The van der Waals surface area contributed by atoms with Gasteiger partial charge in [-0.3, -0.25) is 4.79 Å². The van der Waals surface area contributed by atoms with Gasteiger partial charge >= 0.3 is 0 Å². The molecular weight excluding hydrogens is 118 g/mol. The topological polar surface area (TPSA) is 49.3 Å². The van der Waals surface area contributed by atoms with Gasteiger partial charge in [0.05, 0.1) is 0 Å². The van der Waals surface area contributed by atoms with Crippen LogP contribution in [0.2, 0.25) is 0 Å². The molecule has 1 saturated heterocycles. The molecule has 0 aromatic carbocycles. The van der Waals surface area contributed by atoms with Gasteiger partial charge in [0.1, 0.15) is 0 Å². The van der Waals surface area contributed by atoms with Gasteiger partial charge in [0.15, 0.2) is 0 Å². The number of rotatable bonds is 2. The number of aliphatic hydroxyl groups excluding tert-OH is 1. The van der Waals surface area contributed by atoms with Gasteiger partial charge in [-0.2, -0.15) is 0 Å². The third kappa shape index (κ3) is 1.21. The standard InChI is InChI=1S/C6H11NO2/c1-4(3-8)5-2-6(9)7-5/h4-5,8H,2-3H2,1H3,(H,7,9)/t4-,5?/m0/s1. The van der Waals surface area contributed by atoms with Gasteiger partial charge in [-0.1, -0.05) is 6.92 Å². The molecule has 3 nitrogen and oxygen atoms in total. The van der Waals surface area contributed by atoms with E-state index in [9.17, 15) is 4.79 Å². The summed E-state index contributed by atoms with van der Waals surface area (Å²) in [7, 11) is 0. The van der Waals surface area contributed by atoms with Crippen LogP contribution in [0.25, 0.3) is 0 Å². The van der Waals surface area contributed by atoms with E-state index in [-0.39, 0.29) is 24.5 Å². The van der Waals surface area contributed by atoms with Crippen LogP contribution in [0.1, 0.15) is 13.3 Å². The van der Waals surface area contributed by atoms with Crippen molar-refractivity contribution in [2.24, 2.45) is 5.92 Å².